The first-order valence-electron chi connectivity index (χ1n) is 9.16. The van der Waals surface area contributed by atoms with E-state index in [-0.39, 0.29) is 0 Å². The number of carboxylic acid groups (broad SMARTS) is 1. The molecule has 0 spiro atoms. The fourth-order valence-electron chi connectivity index (χ4n) is 3.91. The minimum atomic E-state index is -0.855. The second-order valence-electron chi connectivity index (χ2n) is 6.90. The molecule has 0 aliphatic carbocycles. The summed E-state index contributed by atoms with van der Waals surface area (Å²) in [5.41, 5.74) is 4.48. The molecule has 0 saturated heterocycles. The van der Waals surface area contributed by atoms with Crippen molar-refractivity contribution >= 4 is 16.9 Å². The van der Waals surface area contributed by atoms with Crippen molar-refractivity contribution in [2.45, 2.75) is 19.5 Å². The Morgan fingerprint density at radius 3 is 2.71 bits per heavy atom. The topological polar surface area (TPSA) is 71.9 Å². The van der Waals surface area contributed by atoms with Gasteiger partial charge in [-0.25, -0.2) is 4.79 Å². The van der Waals surface area contributed by atoms with Gasteiger partial charge in [-0.3, -0.25) is 9.88 Å². The minimum absolute atomic E-state index is 0.420. The summed E-state index contributed by atoms with van der Waals surface area (Å²) in [6.07, 6.45) is 2.54. The van der Waals surface area contributed by atoms with Gasteiger partial charge < -0.3 is 14.6 Å². The molecule has 0 bridgehead atoms. The molecule has 1 N–H and O–H groups in total. The zero-order chi connectivity index (χ0) is 19.7. The number of hydrogen-bond acceptors (Lipinski definition) is 5. The zero-order valence-corrected chi connectivity index (χ0v) is 15.9. The lowest BCUT2D eigenvalue weighted by molar-refractivity contribution is 0.0694. The number of pyridine rings is 1. The number of ether oxygens (including phenoxy) is 2. The number of aromatic nitrogens is 1. The minimum Gasteiger partial charge on any atom is -0.493 e. The summed E-state index contributed by atoms with van der Waals surface area (Å²) < 4.78 is 10.8. The average Bonchev–Trinajstić information content (AvgIpc) is 2.72. The van der Waals surface area contributed by atoms with Gasteiger partial charge in [0.2, 0.25) is 0 Å². The molecule has 1 aliphatic rings. The van der Waals surface area contributed by atoms with Crippen LogP contribution in [0.2, 0.25) is 0 Å². The van der Waals surface area contributed by atoms with Crippen LogP contribution >= 0.6 is 0 Å². The van der Waals surface area contributed by atoms with E-state index in [0.717, 1.165) is 53.6 Å². The maximum absolute atomic E-state index is 11.5. The highest BCUT2D eigenvalue weighted by Crippen LogP contribution is 2.33. The van der Waals surface area contributed by atoms with Gasteiger partial charge in [0.15, 0.2) is 11.5 Å². The first kappa shape index (κ1) is 18.3. The Morgan fingerprint density at radius 2 is 1.96 bits per heavy atom. The van der Waals surface area contributed by atoms with Gasteiger partial charge in [0.25, 0.3) is 0 Å². The summed E-state index contributed by atoms with van der Waals surface area (Å²) in [4.78, 5) is 18.3. The smallest absolute Gasteiger partial charge is 0.335 e. The summed E-state index contributed by atoms with van der Waals surface area (Å²) in [6, 6.07) is 11.4. The van der Waals surface area contributed by atoms with Crippen LogP contribution in [0.1, 0.15) is 27.0 Å². The van der Waals surface area contributed by atoms with Crippen LogP contribution < -0.4 is 9.47 Å². The Morgan fingerprint density at radius 1 is 1.18 bits per heavy atom. The van der Waals surface area contributed by atoms with Crippen LogP contribution in [0.3, 0.4) is 0 Å². The van der Waals surface area contributed by atoms with Gasteiger partial charge >= 0.3 is 5.97 Å². The maximum atomic E-state index is 11.5. The fourth-order valence-corrected chi connectivity index (χ4v) is 3.91. The van der Waals surface area contributed by atoms with E-state index < -0.39 is 5.97 Å². The Labute approximate surface area is 163 Å². The third-order valence-corrected chi connectivity index (χ3v) is 5.31. The number of aromatic carboxylic acids is 1. The van der Waals surface area contributed by atoms with Gasteiger partial charge in [0.1, 0.15) is 0 Å². The van der Waals surface area contributed by atoms with Crippen molar-refractivity contribution in [3.63, 3.8) is 0 Å². The van der Waals surface area contributed by atoms with Crippen molar-refractivity contribution in [2.75, 3.05) is 20.8 Å². The van der Waals surface area contributed by atoms with Crippen molar-refractivity contribution in [1.82, 2.24) is 9.88 Å². The fraction of sp³-hybridized carbons (Fsp3) is 0.273. The molecule has 2 heterocycles. The van der Waals surface area contributed by atoms with Crippen molar-refractivity contribution in [2.24, 2.45) is 0 Å². The number of nitrogens with zero attached hydrogens (tertiary/aromatic N) is 2. The summed E-state index contributed by atoms with van der Waals surface area (Å²) in [6.45, 7) is 2.30. The first-order chi connectivity index (χ1) is 13.6. The van der Waals surface area contributed by atoms with E-state index in [0.29, 0.717) is 17.1 Å². The maximum Gasteiger partial charge on any atom is 0.335 e. The lowest BCUT2D eigenvalue weighted by atomic mass is 9.94. The van der Waals surface area contributed by atoms with Crippen molar-refractivity contribution in [1.29, 1.82) is 0 Å². The predicted octanol–water partition coefficient (Wildman–Crippen LogP) is 3.51. The number of rotatable bonds is 5. The molecule has 1 aliphatic heterocycles. The highest BCUT2D eigenvalue weighted by molar-refractivity contribution is 5.90. The van der Waals surface area contributed by atoms with Gasteiger partial charge in [0, 0.05) is 37.3 Å². The molecule has 3 aromatic rings. The van der Waals surface area contributed by atoms with Crippen LogP contribution in [0.4, 0.5) is 0 Å². The Kier molecular flexibility index (Phi) is 4.88. The monoisotopic (exact) mass is 378 g/mol. The molecule has 0 saturated carbocycles. The molecule has 2 aromatic carbocycles. The lowest BCUT2D eigenvalue weighted by Crippen LogP contribution is -2.31. The summed E-state index contributed by atoms with van der Waals surface area (Å²) >= 11 is 0. The van der Waals surface area contributed by atoms with Crippen molar-refractivity contribution < 1.29 is 19.4 Å². The van der Waals surface area contributed by atoms with Gasteiger partial charge in [-0.2, -0.15) is 0 Å². The van der Waals surface area contributed by atoms with E-state index >= 15 is 0 Å². The standard InChI is InChI=1S/C22H22N2O4/c1-27-20-10-18-15(6-8-23-19(18)11-21(20)28-2)13-24-9-7-16-14(12-24)4-3-5-17(16)22(25)26/h3-6,8,10-11H,7,9,12-13H2,1-2H3,(H,25,26). The normalized spacial score (nSPS) is 13.9. The Hall–Kier alpha value is -3.12. The molecule has 4 rings (SSSR count). The number of hydrogen-bond donors (Lipinski definition) is 1. The van der Waals surface area contributed by atoms with Crippen LogP contribution in [0, 0.1) is 0 Å². The third-order valence-electron chi connectivity index (χ3n) is 5.31. The van der Waals surface area contributed by atoms with Crippen molar-refractivity contribution in [3.8, 4) is 11.5 Å². The third kappa shape index (κ3) is 3.27. The molecule has 1 aromatic heterocycles. The average molecular weight is 378 g/mol. The molecular weight excluding hydrogens is 356 g/mol. The van der Waals surface area contributed by atoms with Crippen molar-refractivity contribution in [3.05, 3.63) is 64.8 Å². The van der Waals surface area contributed by atoms with Gasteiger partial charge in [0.05, 0.1) is 25.3 Å². The van der Waals surface area contributed by atoms with E-state index in [1.54, 1.807) is 20.3 Å². The number of carboxylic acids is 1. The van der Waals surface area contributed by atoms with E-state index in [1.807, 2.05) is 36.5 Å². The summed E-state index contributed by atoms with van der Waals surface area (Å²) in [7, 11) is 3.24. The van der Waals surface area contributed by atoms with Crippen LogP contribution in [0.5, 0.6) is 11.5 Å². The highest BCUT2D eigenvalue weighted by Gasteiger charge is 2.22. The predicted molar refractivity (Wildman–Crippen MR) is 106 cm³/mol. The first-order valence-corrected chi connectivity index (χ1v) is 9.16. The Balaban J connectivity index is 1.64. The number of benzene rings is 2. The van der Waals surface area contributed by atoms with E-state index in [4.69, 9.17) is 9.47 Å². The van der Waals surface area contributed by atoms with E-state index in [2.05, 4.69) is 9.88 Å². The molecule has 0 radical (unpaired) electrons. The second-order valence-corrected chi connectivity index (χ2v) is 6.90. The number of fused-ring (bicyclic) bond motifs is 2. The van der Waals surface area contributed by atoms with Crippen LogP contribution in [-0.2, 0) is 19.5 Å². The zero-order valence-electron chi connectivity index (χ0n) is 15.9. The van der Waals surface area contributed by atoms with E-state index in [9.17, 15) is 9.90 Å². The van der Waals surface area contributed by atoms with Gasteiger partial charge in [-0.15, -0.1) is 0 Å². The summed E-state index contributed by atoms with van der Waals surface area (Å²) in [5.74, 6) is 0.485. The largest absolute Gasteiger partial charge is 0.493 e. The molecule has 28 heavy (non-hydrogen) atoms. The van der Waals surface area contributed by atoms with Crippen LogP contribution in [0.15, 0.2) is 42.6 Å². The SMILES string of the molecule is COc1cc2nccc(CN3CCc4c(cccc4C(=O)O)C3)c2cc1OC. The molecule has 0 unspecified atom stereocenters. The Bertz CT molecular complexity index is 1050. The lowest BCUT2D eigenvalue weighted by Gasteiger charge is -2.30. The molecule has 0 amide bonds. The second kappa shape index (κ2) is 7.48. The quantitative estimate of drug-likeness (QED) is 0.733. The molecular formula is C22H22N2O4. The van der Waals surface area contributed by atoms with Crippen LogP contribution in [-0.4, -0.2) is 41.7 Å². The summed E-state index contributed by atoms with van der Waals surface area (Å²) in [5, 5.41) is 10.4. The molecule has 0 fully saturated rings. The van der Waals surface area contributed by atoms with Gasteiger partial charge in [-0.1, -0.05) is 12.1 Å². The number of carbonyl (C=O) groups is 1. The molecule has 144 valence electrons. The number of methoxy groups -OCH3 is 2. The van der Waals surface area contributed by atoms with Gasteiger partial charge in [-0.05, 0) is 41.3 Å². The van der Waals surface area contributed by atoms with E-state index in [1.165, 1.54) is 0 Å². The van der Waals surface area contributed by atoms with Crippen LogP contribution in [0.25, 0.3) is 10.9 Å². The molecule has 6 nitrogen and oxygen atoms in total. The highest BCUT2D eigenvalue weighted by atomic mass is 16.5. The molecule has 6 heteroatoms. The molecule has 0 atom stereocenters.